The highest BCUT2D eigenvalue weighted by molar-refractivity contribution is 5.54. The molecule has 3 nitrogen and oxygen atoms in total. The predicted molar refractivity (Wildman–Crippen MR) is 89.9 cm³/mol. The zero-order valence-electron chi connectivity index (χ0n) is 13.8. The average molecular weight is 290 g/mol. The van der Waals surface area contributed by atoms with Crippen LogP contribution >= 0.6 is 0 Å². The Kier molecular flexibility index (Phi) is 6.52. The third-order valence-corrected chi connectivity index (χ3v) is 4.38. The summed E-state index contributed by atoms with van der Waals surface area (Å²) in [6.45, 7) is 7.27. The summed E-state index contributed by atoms with van der Waals surface area (Å²) in [4.78, 5) is 2.54. The molecule has 0 spiro atoms. The van der Waals surface area contributed by atoms with Gasteiger partial charge < -0.3 is 15.0 Å². The van der Waals surface area contributed by atoms with Crippen molar-refractivity contribution in [3.63, 3.8) is 0 Å². The lowest BCUT2D eigenvalue weighted by Crippen LogP contribution is -2.38. The van der Waals surface area contributed by atoms with Gasteiger partial charge in [-0.1, -0.05) is 32.0 Å². The number of para-hydroxylation sites is 1. The molecule has 1 aliphatic carbocycles. The van der Waals surface area contributed by atoms with E-state index in [2.05, 4.69) is 48.3 Å². The van der Waals surface area contributed by atoms with Crippen LogP contribution in [-0.4, -0.2) is 32.3 Å². The minimum Gasteiger partial charge on any atom is -0.383 e. The van der Waals surface area contributed by atoms with Crippen LogP contribution in [0.4, 0.5) is 5.69 Å². The second kappa shape index (κ2) is 8.40. The molecule has 1 saturated carbocycles. The molecule has 1 aromatic carbocycles. The van der Waals surface area contributed by atoms with Crippen LogP contribution in [0.25, 0.3) is 0 Å². The van der Waals surface area contributed by atoms with E-state index in [-0.39, 0.29) is 0 Å². The largest absolute Gasteiger partial charge is 0.383 e. The third-order valence-electron chi connectivity index (χ3n) is 4.38. The summed E-state index contributed by atoms with van der Waals surface area (Å²) < 4.78 is 5.32. The molecule has 0 heterocycles. The van der Waals surface area contributed by atoms with Gasteiger partial charge in [-0.3, -0.25) is 0 Å². The normalized spacial score (nSPS) is 14.7. The minimum absolute atomic E-state index is 0.585. The first-order chi connectivity index (χ1) is 10.3. The molecule has 0 radical (unpaired) electrons. The number of nitrogens with zero attached hydrogens (tertiary/aromatic N) is 1. The summed E-state index contributed by atoms with van der Waals surface area (Å²) in [5.41, 5.74) is 2.78. The summed E-state index contributed by atoms with van der Waals surface area (Å²) >= 11 is 0. The quantitative estimate of drug-likeness (QED) is 0.713. The molecule has 0 aromatic heterocycles. The van der Waals surface area contributed by atoms with E-state index >= 15 is 0 Å². The maximum Gasteiger partial charge on any atom is 0.0637 e. The molecule has 1 fully saturated rings. The Morgan fingerprint density at radius 2 is 1.95 bits per heavy atom. The van der Waals surface area contributed by atoms with Gasteiger partial charge in [0.05, 0.1) is 6.61 Å². The van der Waals surface area contributed by atoms with Gasteiger partial charge in [0.25, 0.3) is 0 Å². The Balaban J connectivity index is 2.15. The van der Waals surface area contributed by atoms with Crippen LogP contribution in [0.1, 0.15) is 45.1 Å². The van der Waals surface area contributed by atoms with Crippen molar-refractivity contribution >= 4 is 5.69 Å². The van der Waals surface area contributed by atoms with Crippen LogP contribution in [0.3, 0.4) is 0 Å². The van der Waals surface area contributed by atoms with Crippen molar-refractivity contribution < 1.29 is 4.74 Å². The second-order valence-electron chi connectivity index (χ2n) is 5.94. The molecule has 1 N–H and O–H groups in total. The molecule has 0 atom stereocenters. The van der Waals surface area contributed by atoms with E-state index in [4.69, 9.17) is 4.74 Å². The highest BCUT2D eigenvalue weighted by Crippen LogP contribution is 2.26. The van der Waals surface area contributed by atoms with Crippen LogP contribution in [0.2, 0.25) is 0 Å². The molecule has 118 valence electrons. The number of hydrogen-bond donors (Lipinski definition) is 1. The molecule has 0 bridgehead atoms. The maximum atomic E-state index is 5.32. The number of benzene rings is 1. The van der Waals surface area contributed by atoms with Crippen molar-refractivity contribution in [3.8, 4) is 0 Å². The SMILES string of the molecule is CCC(CC)N(CCOC)c1ccccc1CNC1CC1. The Hall–Kier alpha value is -1.06. The standard InChI is InChI=1S/C18H30N2O/c1-4-17(5-2)20(12-13-21-3)18-9-7-6-8-15(18)14-19-16-10-11-16/h6-9,16-17,19H,4-5,10-14H2,1-3H3. The molecule has 1 aromatic rings. The summed E-state index contributed by atoms with van der Waals surface area (Å²) in [6.07, 6.45) is 5.01. The number of rotatable bonds is 10. The molecule has 0 unspecified atom stereocenters. The molecular weight excluding hydrogens is 260 g/mol. The van der Waals surface area contributed by atoms with E-state index in [1.54, 1.807) is 7.11 Å². The Morgan fingerprint density at radius 3 is 2.57 bits per heavy atom. The molecule has 21 heavy (non-hydrogen) atoms. The Morgan fingerprint density at radius 1 is 1.24 bits per heavy atom. The first-order valence-electron chi connectivity index (χ1n) is 8.37. The smallest absolute Gasteiger partial charge is 0.0637 e. The maximum absolute atomic E-state index is 5.32. The average Bonchev–Trinajstić information content (AvgIpc) is 3.34. The fourth-order valence-electron chi connectivity index (χ4n) is 2.90. The van der Waals surface area contributed by atoms with Gasteiger partial charge in [0.2, 0.25) is 0 Å². The van der Waals surface area contributed by atoms with Gasteiger partial charge >= 0.3 is 0 Å². The van der Waals surface area contributed by atoms with E-state index < -0.39 is 0 Å². The molecule has 2 rings (SSSR count). The summed E-state index contributed by atoms with van der Waals surface area (Å²) in [6, 6.07) is 10.2. The lowest BCUT2D eigenvalue weighted by Gasteiger charge is -2.34. The van der Waals surface area contributed by atoms with Gasteiger partial charge in [-0.15, -0.1) is 0 Å². The molecule has 0 aliphatic heterocycles. The zero-order valence-corrected chi connectivity index (χ0v) is 13.8. The van der Waals surface area contributed by atoms with E-state index in [1.807, 2.05) is 0 Å². The molecule has 1 aliphatic rings. The topological polar surface area (TPSA) is 24.5 Å². The van der Waals surface area contributed by atoms with Gasteiger partial charge in [-0.2, -0.15) is 0 Å². The monoisotopic (exact) mass is 290 g/mol. The van der Waals surface area contributed by atoms with Crippen LogP contribution in [-0.2, 0) is 11.3 Å². The molecule has 0 amide bonds. The van der Waals surface area contributed by atoms with E-state index in [0.29, 0.717) is 6.04 Å². The van der Waals surface area contributed by atoms with Crippen molar-refractivity contribution in [2.24, 2.45) is 0 Å². The second-order valence-corrected chi connectivity index (χ2v) is 5.94. The van der Waals surface area contributed by atoms with Crippen molar-refractivity contribution in [3.05, 3.63) is 29.8 Å². The number of ether oxygens (including phenoxy) is 1. The zero-order chi connectivity index (χ0) is 15.1. The van der Waals surface area contributed by atoms with Crippen molar-refractivity contribution in [1.82, 2.24) is 5.32 Å². The highest BCUT2D eigenvalue weighted by Gasteiger charge is 2.22. The van der Waals surface area contributed by atoms with Gasteiger partial charge in [0.15, 0.2) is 0 Å². The fourth-order valence-corrected chi connectivity index (χ4v) is 2.90. The van der Waals surface area contributed by atoms with Gasteiger partial charge in [-0.05, 0) is 37.3 Å². The van der Waals surface area contributed by atoms with E-state index in [9.17, 15) is 0 Å². The number of anilines is 1. The predicted octanol–water partition coefficient (Wildman–Crippen LogP) is 3.58. The van der Waals surface area contributed by atoms with Crippen LogP contribution in [0.15, 0.2) is 24.3 Å². The van der Waals surface area contributed by atoms with Crippen molar-refractivity contribution in [2.75, 3.05) is 25.2 Å². The summed E-state index contributed by atoms with van der Waals surface area (Å²) in [5.74, 6) is 0. The van der Waals surface area contributed by atoms with Crippen molar-refractivity contribution in [2.45, 2.75) is 58.2 Å². The lowest BCUT2D eigenvalue weighted by molar-refractivity contribution is 0.202. The third kappa shape index (κ3) is 4.72. The molecule has 0 saturated heterocycles. The Labute approximate surface area is 129 Å². The van der Waals surface area contributed by atoms with E-state index in [1.165, 1.54) is 36.9 Å². The first kappa shape index (κ1) is 16.3. The van der Waals surface area contributed by atoms with Crippen LogP contribution in [0.5, 0.6) is 0 Å². The fraction of sp³-hybridized carbons (Fsp3) is 0.667. The van der Waals surface area contributed by atoms with Gasteiger partial charge in [0, 0.05) is 38.0 Å². The van der Waals surface area contributed by atoms with Gasteiger partial charge in [-0.25, -0.2) is 0 Å². The van der Waals surface area contributed by atoms with Gasteiger partial charge in [0.1, 0.15) is 0 Å². The van der Waals surface area contributed by atoms with Crippen LogP contribution in [0, 0.1) is 0 Å². The highest BCUT2D eigenvalue weighted by atomic mass is 16.5. The summed E-state index contributed by atoms with van der Waals surface area (Å²) in [7, 11) is 1.78. The van der Waals surface area contributed by atoms with Crippen LogP contribution < -0.4 is 10.2 Å². The van der Waals surface area contributed by atoms with Crippen molar-refractivity contribution in [1.29, 1.82) is 0 Å². The first-order valence-corrected chi connectivity index (χ1v) is 8.37. The molecular formula is C18H30N2O. The molecule has 3 heteroatoms. The number of hydrogen-bond acceptors (Lipinski definition) is 3. The number of nitrogens with one attached hydrogen (secondary N) is 1. The van der Waals surface area contributed by atoms with E-state index in [0.717, 1.165) is 25.7 Å². The number of methoxy groups -OCH3 is 1. The Bertz CT molecular complexity index is 413. The summed E-state index contributed by atoms with van der Waals surface area (Å²) in [5, 5.41) is 3.64. The lowest BCUT2D eigenvalue weighted by atomic mass is 10.1. The minimum atomic E-state index is 0.585.